The van der Waals surface area contributed by atoms with Crippen LogP contribution in [0.4, 0.5) is 0 Å². The highest BCUT2D eigenvalue weighted by molar-refractivity contribution is 7.18. The fourth-order valence-corrected chi connectivity index (χ4v) is 5.01. The molecule has 1 saturated heterocycles. The highest BCUT2D eigenvalue weighted by Crippen LogP contribution is 2.33. The first-order chi connectivity index (χ1) is 13.1. The molecule has 1 aliphatic heterocycles. The van der Waals surface area contributed by atoms with Crippen molar-refractivity contribution >= 4 is 33.4 Å². The van der Waals surface area contributed by atoms with Crippen LogP contribution in [0.3, 0.4) is 0 Å². The Bertz CT molecular complexity index is 933. The molecule has 7 nitrogen and oxygen atoms in total. The fourth-order valence-electron chi connectivity index (χ4n) is 3.79. The molecule has 1 fully saturated rings. The monoisotopic (exact) mass is 389 g/mol. The number of rotatable bonds is 4. The number of carbonyl (C=O) groups is 2. The number of carbonyl (C=O) groups excluding carboxylic acids is 2. The van der Waals surface area contributed by atoms with E-state index in [4.69, 9.17) is 4.74 Å². The summed E-state index contributed by atoms with van der Waals surface area (Å²) in [7, 11) is 0. The second-order valence-corrected chi connectivity index (χ2v) is 8.23. The number of thiophene rings is 1. The van der Waals surface area contributed by atoms with Gasteiger partial charge in [-0.3, -0.25) is 19.0 Å². The summed E-state index contributed by atoms with van der Waals surface area (Å²) < 4.78 is 6.81. The average Bonchev–Trinajstić information content (AvgIpc) is 2.93. The summed E-state index contributed by atoms with van der Waals surface area (Å²) in [4.78, 5) is 43.4. The van der Waals surface area contributed by atoms with Gasteiger partial charge >= 0.3 is 5.97 Å². The summed E-state index contributed by atoms with van der Waals surface area (Å²) in [6.45, 7) is 0.832. The Hall–Kier alpha value is -2.22. The first-order valence-electron chi connectivity index (χ1n) is 9.60. The van der Waals surface area contributed by atoms with Gasteiger partial charge in [0, 0.05) is 18.0 Å². The van der Waals surface area contributed by atoms with Crippen molar-refractivity contribution in [1.82, 2.24) is 14.9 Å². The summed E-state index contributed by atoms with van der Waals surface area (Å²) >= 11 is 1.61. The summed E-state index contributed by atoms with van der Waals surface area (Å²) in [5.41, 5.74) is 1.06. The largest absolute Gasteiger partial charge is 0.452 e. The number of amides is 1. The van der Waals surface area contributed by atoms with Gasteiger partial charge in [0.15, 0.2) is 6.10 Å². The van der Waals surface area contributed by atoms with E-state index in [0.29, 0.717) is 18.4 Å². The van der Waals surface area contributed by atoms with Gasteiger partial charge in [0.05, 0.1) is 18.1 Å². The van der Waals surface area contributed by atoms with Crippen LogP contribution in [-0.2, 0) is 33.7 Å². The van der Waals surface area contributed by atoms with Gasteiger partial charge in [-0.15, -0.1) is 11.3 Å². The van der Waals surface area contributed by atoms with Gasteiger partial charge < -0.3 is 10.1 Å². The Morgan fingerprint density at radius 3 is 3.00 bits per heavy atom. The Labute approximate surface area is 160 Å². The number of hydrogen-bond donors (Lipinski definition) is 1. The molecular formula is C19H23N3O4S. The Balaban J connectivity index is 1.45. The smallest absolute Gasteiger partial charge is 0.308 e. The Morgan fingerprint density at radius 2 is 2.11 bits per heavy atom. The maximum atomic E-state index is 12.9. The summed E-state index contributed by atoms with van der Waals surface area (Å²) in [6.07, 6.45) is 7.33. The highest BCUT2D eigenvalue weighted by Gasteiger charge is 2.25. The molecule has 3 heterocycles. The van der Waals surface area contributed by atoms with Crippen molar-refractivity contribution in [3.63, 3.8) is 0 Å². The van der Waals surface area contributed by atoms with Crippen molar-refractivity contribution in [2.45, 2.75) is 64.0 Å². The van der Waals surface area contributed by atoms with Crippen molar-refractivity contribution in [3.05, 3.63) is 27.1 Å². The van der Waals surface area contributed by atoms with Gasteiger partial charge in [-0.2, -0.15) is 0 Å². The maximum Gasteiger partial charge on any atom is 0.308 e. The van der Waals surface area contributed by atoms with Gasteiger partial charge in [-0.25, -0.2) is 4.98 Å². The van der Waals surface area contributed by atoms with Gasteiger partial charge in [0.25, 0.3) is 11.5 Å². The van der Waals surface area contributed by atoms with E-state index in [1.54, 1.807) is 11.3 Å². The lowest BCUT2D eigenvalue weighted by atomic mass is 9.97. The molecule has 1 amide bonds. The number of fused-ring (bicyclic) bond motifs is 3. The van der Waals surface area contributed by atoms with Crippen LogP contribution in [0.15, 0.2) is 11.1 Å². The fraction of sp³-hybridized carbons (Fsp3) is 0.579. The van der Waals surface area contributed by atoms with E-state index >= 15 is 0 Å². The molecule has 2 aliphatic rings. The number of nitrogens with one attached hydrogen (secondary N) is 1. The molecular weight excluding hydrogens is 366 g/mol. The lowest BCUT2D eigenvalue weighted by molar-refractivity contribution is -0.156. The molecule has 0 saturated carbocycles. The van der Waals surface area contributed by atoms with E-state index in [1.807, 2.05) is 0 Å². The maximum absolute atomic E-state index is 12.9. The number of nitrogens with zero attached hydrogens (tertiary/aromatic N) is 2. The van der Waals surface area contributed by atoms with Crippen LogP contribution in [0.25, 0.3) is 10.2 Å². The summed E-state index contributed by atoms with van der Waals surface area (Å²) in [5.74, 6) is -0.692. The second-order valence-electron chi connectivity index (χ2n) is 7.15. The van der Waals surface area contributed by atoms with Crippen LogP contribution < -0.4 is 10.9 Å². The van der Waals surface area contributed by atoms with E-state index in [2.05, 4.69) is 10.3 Å². The second kappa shape index (κ2) is 7.80. The third kappa shape index (κ3) is 3.76. The van der Waals surface area contributed by atoms with Gasteiger partial charge in [-0.1, -0.05) is 0 Å². The Morgan fingerprint density at radius 1 is 1.26 bits per heavy atom. The van der Waals surface area contributed by atoms with E-state index in [1.165, 1.54) is 15.8 Å². The normalized spacial score (nSPS) is 20.0. The van der Waals surface area contributed by atoms with Crippen LogP contribution in [-0.4, -0.2) is 34.1 Å². The number of aromatic nitrogens is 2. The zero-order chi connectivity index (χ0) is 18.8. The molecule has 1 N–H and O–H groups in total. The van der Waals surface area contributed by atoms with Crippen molar-refractivity contribution in [2.75, 3.05) is 6.54 Å². The minimum Gasteiger partial charge on any atom is -0.452 e. The van der Waals surface area contributed by atoms with Crippen molar-refractivity contribution in [2.24, 2.45) is 0 Å². The van der Waals surface area contributed by atoms with Crippen LogP contribution in [0.5, 0.6) is 0 Å². The molecule has 0 aromatic carbocycles. The molecule has 27 heavy (non-hydrogen) atoms. The van der Waals surface area contributed by atoms with E-state index in [0.717, 1.165) is 48.9 Å². The summed E-state index contributed by atoms with van der Waals surface area (Å²) in [5, 5.41) is 3.47. The minimum absolute atomic E-state index is 0.0448. The van der Waals surface area contributed by atoms with E-state index in [9.17, 15) is 14.4 Å². The lowest BCUT2D eigenvalue weighted by Gasteiger charge is -2.14. The van der Waals surface area contributed by atoms with Gasteiger partial charge in [-0.05, 0) is 50.5 Å². The number of esters is 1. The predicted octanol–water partition coefficient (Wildman–Crippen LogP) is 1.94. The van der Waals surface area contributed by atoms with Crippen molar-refractivity contribution in [3.8, 4) is 0 Å². The van der Waals surface area contributed by atoms with Crippen molar-refractivity contribution < 1.29 is 14.3 Å². The molecule has 0 spiro atoms. The zero-order valence-electron chi connectivity index (χ0n) is 15.2. The standard InChI is InChI=1S/C19H23N3O4S/c23-15(26-13-6-3-4-9-20-17(13)24)8-10-22-11-21-18-16(19(22)25)12-5-1-2-7-14(12)27-18/h11,13H,1-10H2,(H,20,24). The Kier molecular flexibility index (Phi) is 5.24. The predicted molar refractivity (Wildman–Crippen MR) is 102 cm³/mol. The molecule has 0 radical (unpaired) electrons. The molecule has 8 heteroatoms. The third-order valence-electron chi connectivity index (χ3n) is 5.26. The molecule has 0 bridgehead atoms. The van der Waals surface area contributed by atoms with Gasteiger partial charge in [0.1, 0.15) is 4.83 Å². The molecule has 2 aromatic heterocycles. The average molecular weight is 389 g/mol. The summed E-state index contributed by atoms with van der Waals surface area (Å²) in [6, 6.07) is 0. The first kappa shape index (κ1) is 18.2. The molecule has 1 atom stereocenters. The minimum atomic E-state index is -0.721. The van der Waals surface area contributed by atoms with Crippen LogP contribution >= 0.6 is 11.3 Å². The van der Waals surface area contributed by atoms with Crippen LogP contribution in [0, 0.1) is 0 Å². The molecule has 4 rings (SSSR count). The topological polar surface area (TPSA) is 90.3 Å². The quantitative estimate of drug-likeness (QED) is 0.807. The zero-order valence-corrected chi connectivity index (χ0v) is 16.0. The highest BCUT2D eigenvalue weighted by atomic mass is 32.1. The van der Waals surface area contributed by atoms with Crippen LogP contribution in [0.1, 0.15) is 49.0 Å². The molecule has 1 aliphatic carbocycles. The molecule has 2 aromatic rings. The lowest BCUT2D eigenvalue weighted by Crippen LogP contribution is -2.36. The van der Waals surface area contributed by atoms with Crippen LogP contribution in [0.2, 0.25) is 0 Å². The van der Waals surface area contributed by atoms with E-state index in [-0.39, 0.29) is 24.4 Å². The number of ether oxygens (including phenoxy) is 1. The molecule has 1 unspecified atom stereocenters. The molecule has 144 valence electrons. The third-order valence-corrected chi connectivity index (χ3v) is 6.46. The first-order valence-corrected chi connectivity index (χ1v) is 10.4. The number of hydrogen-bond acceptors (Lipinski definition) is 6. The van der Waals surface area contributed by atoms with Gasteiger partial charge in [0.2, 0.25) is 0 Å². The number of aryl methyl sites for hydroxylation is 3. The SMILES string of the molecule is O=C(CCn1cnc2sc3c(c2c1=O)CCCC3)OC1CCCCNC1=O. The van der Waals surface area contributed by atoms with E-state index < -0.39 is 12.1 Å². The van der Waals surface area contributed by atoms with Crippen molar-refractivity contribution in [1.29, 1.82) is 0 Å².